The average molecular weight is 208 g/mol. The van der Waals surface area contributed by atoms with Gasteiger partial charge in [0.25, 0.3) is 0 Å². The maximum Gasteiger partial charge on any atom is 0.333 e. The van der Waals surface area contributed by atoms with E-state index in [1.54, 1.807) is 0 Å². The quantitative estimate of drug-likeness (QED) is 0.702. The van der Waals surface area contributed by atoms with Gasteiger partial charge in [-0.2, -0.15) is 0 Å². The van der Waals surface area contributed by atoms with Crippen LogP contribution in [0.1, 0.15) is 38.5 Å². The number of hydrogen-bond acceptors (Lipinski definition) is 4. The Labute approximate surface area is 89.2 Å². The molecule has 0 aromatic rings. The summed E-state index contributed by atoms with van der Waals surface area (Å²) in [4.78, 5) is 16.0. The Bertz CT molecular complexity index is 317. The van der Waals surface area contributed by atoms with Crippen molar-refractivity contribution in [3.05, 3.63) is 0 Å². The topological polar surface area (TPSA) is 62.5 Å². The molecule has 0 heterocycles. The van der Waals surface area contributed by atoms with Crippen molar-refractivity contribution < 1.29 is 9.53 Å². The van der Waals surface area contributed by atoms with Crippen LogP contribution < -0.4 is 0 Å². The molecule has 15 heavy (non-hydrogen) atoms. The average Bonchev–Trinajstić information content (AvgIpc) is 3.01. The second-order valence-corrected chi connectivity index (χ2v) is 4.30. The minimum Gasteiger partial charge on any atom is -0.467 e. The predicted octanol–water partition coefficient (Wildman–Crippen LogP) is 1.73. The highest BCUT2D eigenvalue weighted by Crippen LogP contribution is 2.41. The van der Waals surface area contributed by atoms with E-state index in [9.17, 15) is 4.79 Å². The number of ether oxygens (including phenoxy) is 1. The molecule has 0 radical (unpaired) electrons. The van der Waals surface area contributed by atoms with E-state index in [0.29, 0.717) is 0 Å². The molecule has 0 aromatic heterocycles. The molecular weight excluding hydrogens is 192 g/mol. The predicted molar refractivity (Wildman–Crippen MR) is 57.6 cm³/mol. The van der Waals surface area contributed by atoms with Gasteiger partial charge in [0, 0.05) is 11.4 Å². The van der Waals surface area contributed by atoms with Crippen LogP contribution in [0, 0.1) is 5.41 Å². The van der Waals surface area contributed by atoms with Crippen molar-refractivity contribution in [3.8, 4) is 0 Å². The Hall–Kier alpha value is -1.19. The number of rotatable bonds is 2. The Morgan fingerprint density at radius 3 is 2.40 bits per heavy atom. The SMILES string of the molecule is COC(=O)C1(N=C2CCC(=N)CC2)CC1. The number of esters is 1. The molecule has 0 bridgehead atoms. The Balaban J connectivity index is 2.04. The van der Waals surface area contributed by atoms with Crippen molar-refractivity contribution in [3.63, 3.8) is 0 Å². The van der Waals surface area contributed by atoms with Gasteiger partial charge in [-0.3, -0.25) is 4.99 Å². The number of hydrogen-bond donors (Lipinski definition) is 1. The van der Waals surface area contributed by atoms with Gasteiger partial charge in [0.05, 0.1) is 7.11 Å². The van der Waals surface area contributed by atoms with Crippen LogP contribution >= 0.6 is 0 Å². The third kappa shape index (κ3) is 2.08. The molecule has 2 saturated carbocycles. The minimum absolute atomic E-state index is 0.198. The third-order valence-corrected chi connectivity index (χ3v) is 3.09. The molecule has 0 aliphatic heterocycles. The molecule has 0 saturated heterocycles. The molecule has 0 amide bonds. The largest absolute Gasteiger partial charge is 0.467 e. The zero-order chi connectivity index (χ0) is 10.9. The fourth-order valence-corrected chi connectivity index (χ4v) is 1.92. The number of carbonyl (C=O) groups excluding carboxylic acids is 1. The second-order valence-electron chi connectivity index (χ2n) is 4.30. The molecule has 2 aliphatic carbocycles. The van der Waals surface area contributed by atoms with Gasteiger partial charge >= 0.3 is 5.97 Å². The van der Waals surface area contributed by atoms with Crippen molar-refractivity contribution in [2.75, 3.05) is 7.11 Å². The van der Waals surface area contributed by atoms with Gasteiger partial charge in [-0.1, -0.05) is 0 Å². The fraction of sp³-hybridized carbons (Fsp3) is 0.727. The number of aliphatic imine (C=N–C) groups is 1. The van der Waals surface area contributed by atoms with Crippen molar-refractivity contribution in [1.82, 2.24) is 0 Å². The maximum absolute atomic E-state index is 11.5. The van der Waals surface area contributed by atoms with E-state index in [4.69, 9.17) is 10.1 Å². The van der Waals surface area contributed by atoms with Gasteiger partial charge < -0.3 is 10.1 Å². The van der Waals surface area contributed by atoms with E-state index in [1.807, 2.05) is 0 Å². The van der Waals surface area contributed by atoms with Gasteiger partial charge in [0.15, 0.2) is 5.54 Å². The molecule has 82 valence electrons. The van der Waals surface area contributed by atoms with Crippen molar-refractivity contribution in [2.45, 2.75) is 44.1 Å². The highest BCUT2D eigenvalue weighted by atomic mass is 16.5. The highest BCUT2D eigenvalue weighted by Gasteiger charge is 2.51. The lowest BCUT2D eigenvalue weighted by atomic mass is 9.96. The van der Waals surface area contributed by atoms with Crippen LogP contribution in [0.3, 0.4) is 0 Å². The lowest BCUT2D eigenvalue weighted by Crippen LogP contribution is -2.25. The van der Waals surface area contributed by atoms with Crippen molar-refractivity contribution in [2.24, 2.45) is 4.99 Å². The van der Waals surface area contributed by atoms with Crippen LogP contribution in [0.25, 0.3) is 0 Å². The zero-order valence-corrected chi connectivity index (χ0v) is 9.01. The van der Waals surface area contributed by atoms with Crippen molar-refractivity contribution in [1.29, 1.82) is 5.41 Å². The summed E-state index contributed by atoms with van der Waals surface area (Å²) in [5.41, 5.74) is 1.36. The van der Waals surface area contributed by atoms with E-state index in [2.05, 4.69) is 4.99 Å². The van der Waals surface area contributed by atoms with E-state index in [1.165, 1.54) is 7.11 Å². The normalized spacial score (nSPS) is 23.5. The number of nitrogens with zero attached hydrogens (tertiary/aromatic N) is 1. The van der Waals surface area contributed by atoms with E-state index in [-0.39, 0.29) is 5.97 Å². The lowest BCUT2D eigenvalue weighted by molar-refractivity contribution is -0.143. The summed E-state index contributed by atoms with van der Waals surface area (Å²) in [7, 11) is 1.42. The van der Waals surface area contributed by atoms with Crippen LogP contribution in [0.15, 0.2) is 4.99 Å². The first-order valence-electron chi connectivity index (χ1n) is 5.39. The summed E-state index contributed by atoms with van der Waals surface area (Å²) in [6.45, 7) is 0. The molecular formula is C11H16N2O2. The molecule has 2 fully saturated rings. The third-order valence-electron chi connectivity index (χ3n) is 3.09. The molecule has 0 atom stereocenters. The first-order valence-corrected chi connectivity index (χ1v) is 5.39. The van der Waals surface area contributed by atoms with E-state index >= 15 is 0 Å². The Morgan fingerprint density at radius 2 is 1.93 bits per heavy atom. The van der Waals surface area contributed by atoms with Crippen LogP contribution in [0.4, 0.5) is 0 Å². The molecule has 4 heteroatoms. The van der Waals surface area contributed by atoms with Gasteiger partial charge in [-0.25, -0.2) is 4.79 Å². The Morgan fingerprint density at radius 1 is 1.33 bits per heavy atom. The zero-order valence-electron chi connectivity index (χ0n) is 9.01. The fourth-order valence-electron chi connectivity index (χ4n) is 1.92. The molecule has 4 nitrogen and oxygen atoms in total. The minimum atomic E-state index is -0.538. The van der Waals surface area contributed by atoms with E-state index in [0.717, 1.165) is 49.9 Å². The van der Waals surface area contributed by atoms with Gasteiger partial charge in [0.1, 0.15) is 0 Å². The first kappa shape index (κ1) is 10.3. The monoisotopic (exact) mass is 208 g/mol. The lowest BCUT2D eigenvalue weighted by Gasteiger charge is -2.16. The van der Waals surface area contributed by atoms with Crippen molar-refractivity contribution >= 4 is 17.4 Å². The standard InChI is InChI=1S/C11H16N2O2/c1-15-10(14)11(6-7-11)13-9-4-2-8(12)3-5-9/h12H,2-7H2,1H3. The number of carbonyl (C=O) groups is 1. The van der Waals surface area contributed by atoms with E-state index < -0.39 is 5.54 Å². The second kappa shape index (κ2) is 3.76. The summed E-state index contributed by atoms with van der Waals surface area (Å²) < 4.78 is 4.75. The summed E-state index contributed by atoms with van der Waals surface area (Å²) in [6, 6.07) is 0. The first-order chi connectivity index (χ1) is 7.16. The van der Waals surface area contributed by atoms with Gasteiger partial charge in [-0.15, -0.1) is 0 Å². The number of methoxy groups -OCH3 is 1. The summed E-state index contributed by atoms with van der Waals surface area (Å²) in [5.74, 6) is -0.198. The van der Waals surface area contributed by atoms with Crippen LogP contribution in [-0.2, 0) is 9.53 Å². The molecule has 0 spiro atoms. The van der Waals surface area contributed by atoms with Crippen LogP contribution in [-0.4, -0.2) is 30.0 Å². The molecule has 0 unspecified atom stereocenters. The Kier molecular flexibility index (Phi) is 2.59. The summed E-state index contributed by atoms with van der Waals surface area (Å²) >= 11 is 0. The molecule has 2 aliphatic rings. The van der Waals surface area contributed by atoms with Gasteiger partial charge in [0.2, 0.25) is 0 Å². The van der Waals surface area contributed by atoms with Crippen LogP contribution in [0.2, 0.25) is 0 Å². The summed E-state index contributed by atoms with van der Waals surface area (Å²) in [6.07, 6.45) is 4.93. The highest BCUT2D eigenvalue weighted by molar-refractivity contribution is 5.99. The maximum atomic E-state index is 11.5. The number of nitrogens with one attached hydrogen (secondary N) is 1. The van der Waals surface area contributed by atoms with Gasteiger partial charge in [-0.05, 0) is 38.5 Å². The van der Waals surface area contributed by atoms with Crippen LogP contribution in [0.5, 0.6) is 0 Å². The molecule has 1 N–H and O–H groups in total. The summed E-state index contributed by atoms with van der Waals surface area (Å²) in [5, 5.41) is 7.50. The molecule has 0 aromatic carbocycles. The molecule has 2 rings (SSSR count). The smallest absolute Gasteiger partial charge is 0.333 e.